The number of methoxy groups -OCH3 is 1. The molecule has 3 aromatic heterocycles. The van der Waals surface area contributed by atoms with Gasteiger partial charge in [-0.05, 0) is 82.6 Å². The third-order valence-corrected chi connectivity index (χ3v) is 7.19. The van der Waals surface area contributed by atoms with Crippen LogP contribution in [0.15, 0.2) is 71.8 Å². The summed E-state index contributed by atoms with van der Waals surface area (Å²) < 4.78 is 7.15. The highest BCUT2D eigenvalue weighted by Crippen LogP contribution is 2.31. The molecule has 2 aromatic carbocycles. The number of ether oxygens (including phenoxy) is 1. The summed E-state index contributed by atoms with van der Waals surface area (Å²) in [4.78, 5) is 23.1. The first kappa shape index (κ1) is 27.2. The minimum Gasteiger partial charge on any atom is -0.497 e. The minimum absolute atomic E-state index is 0.0871. The van der Waals surface area contributed by atoms with Crippen molar-refractivity contribution in [1.82, 2.24) is 35.1 Å². The second-order valence-corrected chi connectivity index (χ2v) is 10.7. The minimum atomic E-state index is -0.164. The van der Waals surface area contributed by atoms with Gasteiger partial charge in [0, 0.05) is 31.0 Å². The van der Waals surface area contributed by atoms with E-state index in [9.17, 15) is 4.79 Å². The van der Waals surface area contributed by atoms with E-state index in [2.05, 4.69) is 69.4 Å². The van der Waals surface area contributed by atoms with E-state index in [1.165, 1.54) is 0 Å². The molecule has 5 aromatic rings. The quantitative estimate of drug-likeness (QED) is 0.268. The number of pyridine rings is 2. The van der Waals surface area contributed by atoms with Gasteiger partial charge in [-0.1, -0.05) is 43.7 Å². The van der Waals surface area contributed by atoms with E-state index >= 15 is 0 Å². The molecule has 1 N–H and O–H groups in total. The van der Waals surface area contributed by atoms with E-state index in [-0.39, 0.29) is 17.5 Å². The molecule has 5 rings (SSSR count). The van der Waals surface area contributed by atoms with Crippen LogP contribution in [0.2, 0.25) is 0 Å². The maximum Gasteiger partial charge on any atom is 0.252 e. The fraction of sp³-hybridized carbons (Fsp3) is 0.323. The summed E-state index contributed by atoms with van der Waals surface area (Å²) >= 11 is 0. The zero-order valence-electron chi connectivity index (χ0n) is 23.6. The highest BCUT2D eigenvalue weighted by molar-refractivity contribution is 5.82. The Bertz CT molecular complexity index is 1640. The molecule has 0 aliphatic rings. The topological polar surface area (TPSA) is 102 Å². The first-order valence-electron chi connectivity index (χ1n) is 13.5. The summed E-state index contributed by atoms with van der Waals surface area (Å²) in [7, 11) is 1.65. The molecule has 0 saturated carbocycles. The van der Waals surface area contributed by atoms with E-state index in [1.54, 1.807) is 13.3 Å². The Balaban J connectivity index is 1.54. The number of fused-ring (bicyclic) bond motifs is 1. The van der Waals surface area contributed by atoms with Crippen LogP contribution in [-0.4, -0.2) is 42.2 Å². The van der Waals surface area contributed by atoms with Crippen molar-refractivity contribution in [1.29, 1.82) is 0 Å². The molecule has 1 unspecified atom stereocenters. The molecule has 0 bridgehead atoms. The van der Waals surface area contributed by atoms with Crippen molar-refractivity contribution in [3.05, 3.63) is 111 Å². The van der Waals surface area contributed by atoms with Crippen molar-refractivity contribution in [2.45, 2.75) is 53.4 Å². The molecule has 1 atom stereocenters. The number of benzene rings is 2. The van der Waals surface area contributed by atoms with Crippen LogP contribution in [-0.2, 0) is 19.6 Å². The summed E-state index contributed by atoms with van der Waals surface area (Å²) in [5.74, 6) is 1.70. The third kappa shape index (κ3) is 5.94. The van der Waals surface area contributed by atoms with E-state index in [1.807, 2.05) is 54.2 Å². The van der Waals surface area contributed by atoms with E-state index < -0.39 is 0 Å². The molecular formula is C31H35N7O2. The molecule has 40 heavy (non-hydrogen) atoms. The highest BCUT2D eigenvalue weighted by Gasteiger charge is 2.30. The van der Waals surface area contributed by atoms with Crippen LogP contribution in [0.3, 0.4) is 0 Å². The monoisotopic (exact) mass is 537 g/mol. The van der Waals surface area contributed by atoms with Gasteiger partial charge in [-0.15, -0.1) is 5.10 Å². The number of nitrogens with zero attached hydrogens (tertiary/aromatic N) is 6. The number of aromatic nitrogens is 6. The van der Waals surface area contributed by atoms with Crippen molar-refractivity contribution in [2.75, 3.05) is 7.11 Å². The Labute approximate surface area is 233 Å². The lowest BCUT2D eigenvalue weighted by atomic mass is 9.99. The molecule has 0 spiro atoms. The fourth-order valence-electron chi connectivity index (χ4n) is 5.37. The van der Waals surface area contributed by atoms with Gasteiger partial charge in [0.05, 0.1) is 25.2 Å². The van der Waals surface area contributed by atoms with Crippen LogP contribution in [0.25, 0.3) is 10.9 Å². The second-order valence-electron chi connectivity index (χ2n) is 10.7. The lowest BCUT2D eigenvalue weighted by Gasteiger charge is -2.33. The fourth-order valence-corrected chi connectivity index (χ4v) is 5.37. The number of aromatic amines is 1. The van der Waals surface area contributed by atoms with Crippen molar-refractivity contribution in [3.63, 3.8) is 0 Å². The lowest BCUT2D eigenvalue weighted by Crippen LogP contribution is -2.35. The number of H-pyrrole nitrogens is 1. The van der Waals surface area contributed by atoms with Crippen LogP contribution in [0, 0.1) is 19.8 Å². The number of hydrogen-bond acceptors (Lipinski definition) is 7. The Morgan fingerprint density at radius 3 is 2.52 bits per heavy atom. The molecule has 0 fully saturated rings. The van der Waals surface area contributed by atoms with E-state index in [4.69, 9.17) is 4.74 Å². The number of hydrogen-bond donors (Lipinski definition) is 1. The van der Waals surface area contributed by atoms with Gasteiger partial charge in [-0.25, -0.2) is 4.68 Å². The van der Waals surface area contributed by atoms with Crippen LogP contribution in [0.1, 0.15) is 53.5 Å². The molecule has 3 heterocycles. The molecule has 9 heteroatoms. The van der Waals surface area contributed by atoms with Gasteiger partial charge in [-0.3, -0.25) is 14.7 Å². The largest absolute Gasteiger partial charge is 0.497 e. The Morgan fingerprint density at radius 2 is 1.82 bits per heavy atom. The maximum atomic E-state index is 13.3. The van der Waals surface area contributed by atoms with Gasteiger partial charge in [0.1, 0.15) is 5.75 Å². The van der Waals surface area contributed by atoms with Gasteiger partial charge in [0.25, 0.3) is 5.56 Å². The SMILES string of the molecule is COc1ccc(Cn2nnnc2C(C(C)C)N(Cc2cccnc2)Cc2cc3cc(C)cc(C)c3[nH]c2=O)cc1. The summed E-state index contributed by atoms with van der Waals surface area (Å²) in [5, 5.41) is 13.9. The van der Waals surface area contributed by atoms with Gasteiger partial charge in [-0.2, -0.15) is 0 Å². The van der Waals surface area contributed by atoms with Crippen molar-refractivity contribution in [2.24, 2.45) is 5.92 Å². The van der Waals surface area contributed by atoms with Crippen LogP contribution >= 0.6 is 0 Å². The van der Waals surface area contributed by atoms with Crippen LogP contribution in [0.5, 0.6) is 5.75 Å². The van der Waals surface area contributed by atoms with Crippen molar-refractivity contribution >= 4 is 10.9 Å². The standard InChI is InChI=1S/C31H35N7O2/c1-20(2)29(30-34-35-36-38(30)18-23-8-10-27(40-5)11-9-23)37(17-24-7-6-12-32-16-24)19-26-15-25-14-21(3)13-22(4)28(25)33-31(26)39/h6-16,20,29H,17-19H2,1-5H3,(H,33,39). The maximum absolute atomic E-state index is 13.3. The first-order chi connectivity index (χ1) is 19.3. The summed E-state index contributed by atoms with van der Waals surface area (Å²) in [6.45, 7) is 9.93. The van der Waals surface area contributed by atoms with Crippen molar-refractivity contribution < 1.29 is 4.74 Å². The number of aryl methyl sites for hydroxylation is 2. The Morgan fingerprint density at radius 1 is 1.02 bits per heavy atom. The Kier molecular flexibility index (Phi) is 8.02. The van der Waals surface area contributed by atoms with Gasteiger partial charge in [0.15, 0.2) is 5.82 Å². The van der Waals surface area contributed by atoms with Crippen LogP contribution in [0.4, 0.5) is 0 Å². The normalized spacial score (nSPS) is 12.4. The van der Waals surface area contributed by atoms with Gasteiger partial charge in [0.2, 0.25) is 0 Å². The van der Waals surface area contributed by atoms with E-state index in [0.29, 0.717) is 25.2 Å². The van der Waals surface area contributed by atoms with Crippen molar-refractivity contribution in [3.8, 4) is 5.75 Å². The summed E-state index contributed by atoms with van der Waals surface area (Å²) in [6, 6.07) is 17.9. The van der Waals surface area contributed by atoms with Gasteiger partial charge < -0.3 is 9.72 Å². The molecule has 0 saturated heterocycles. The zero-order valence-corrected chi connectivity index (χ0v) is 23.6. The number of nitrogens with one attached hydrogen (secondary N) is 1. The molecule has 0 amide bonds. The number of tetrazole rings is 1. The van der Waals surface area contributed by atoms with Gasteiger partial charge >= 0.3 is 0 Å². The predicted molar refractivity (Wildman–Crippen MR) is 155 cm³/mol. The summed E-state index contributed by atoms with van der Waals surface area (Å²) in [6.07, 6.45) is 3.63. The first-order valence-corrected chi connectivity index (χ1v) is 13.5. The average molecular weight is 538 g/mol. The predicted octanol–water partition coefficient (Wildman–Crippen LogP) is 4.98. The molecule has 0 radical (unpaired) electrons. The van der Waals surface area contributed by atoms with E-state index in [0.717, 1.165) is 44.7 Å². The molecule has 9 nitrogen and oxygen atoms in total. The zero-order chi connectivity index (χ0) is 28.2. The number of rotatable bonds is 10. The molecule has 0 aliphatic carbocycles. The average Bonchev–Trinajstić information content (AvgIpc) is 3.37. The lowest BCUT2D eigenvalue weighted by molar-refractivity contribution is 0.126. The molecule has 0 aliphatic heterocycles. The highest BCUT2D eigenvalue weighted by atomic mass is 16.5. The van der Waals surface area contributed by atoms with Crippen LogP contribution < -0.4 is 10.3 Å². The molecular weight excluding hydrogens is 502 g/mol. The molecule has 206 valence electrons. The Hall–Kier alpha value is -4.37. The summed E-state index contributed by atoms with van der Waals surface area (Å²) in [5.41, 5.74) is 5.81. The second kappa shape index (κ2) is 11.8. The smallest absolute Gasteiger partial charge is 0.252 e. The third-order valence-electron chi connectivity index (χ3n) is 7.19.